The molecular weight excluding hydrogens is 392 g/mol. The standard InChI is InChI=1S/C24H22N4O3/c25-22-21-20(12-28(23(21)27-14-26-22)18-9-17(10-18)24(29)30)16-7-4-8-19(11-16)31-13-15-5-2-1-3-6-15/h1-8,11-12,14,17-18H,9-10,13H2,(H,29,30)(H2,25,26,27)/t17-,18+. The highest BCUT2D eigenvalue weighted by Crippen LogP contribution is 2.43. The summed E-state index contributed by atoms with van der Waals surface area (Å²) in [4.78, 5) is 19.9. The summed E-state index contributed by atoms with van der Waals surface area (Å²) in [5.41, 5.74) is 9.91. The van der Waals surface area contributed by atoms with Crippen LogP contribution in [0.15, 0.2) is 67.1 Å². The average molecular weight is 414 g/mol. The molecule has 1 fully saturated rings. The average Bonchev–Trinajstić information content (AvgIpc) is 3.13. The lowest BCUT2D eigenvalue weighted by Crippen LogP contribution is -2.32. The fourth-order valence-corrected chi connectivity index (χ4v) is 4.12. The molecule has 156 valence electrons. The van der Waals surface area contributed by atoms with Gasteiger partial charge in [-0.15, -0.1) is 0 Å². The van der Waals surface area contributed by atoms with Crippen molar-refractivity contribution < 1.29 is 14.6 Å². The van der Waals surface area contributed by atoms with E-state index in [0.717, 1.165) is 33.5 Å². The fraction of sp³-hybridized carbons (Fsp3) is 0.208. The first-order chi connectivity index (χ1) is 15.1. The van der Waals surface area contributed by atoms with Gasteiger partial charge in [0.1, 0.15) is 30.1 Å². The monoisotopic (exact) mass is 414 g/mol. The van der Waals surface area contributed by atoms with E-state index in [-0.39, 0.29) is 12.0 Å². The van der Waals surface area contributed by atoms with Crippen molar-refractivity contribution in [2.45, 2.75) is 25.5 Å². The van der Waals surface area contributed by atoms with Gasteiger partial charge in [-0.25, -0.2) is 9.97 Å². The molecule has 0 unspecified atom stereocenters. The van der Waals surface area contributed by atoms with Gasteiger partial charge in [0.2, 0.25) is 0 Å². The minimum atomic E-state index is -0.745. The second kappa shape index (κ2) is 7.75. The number of ether oxygens (including phenoxy) is 1. The number of hydrogen-bond donors (Lipinski definition) is 2. The molecule has 0 spiro atoms. The zero-order valence-corrected chi connectivity index (χ0v) is 16.8. The second-order valence-electron chi connectivity index (χ2n) is 7.87. The molecule has 2 aromatic carbocycles. The molecule has 7 nitrogen and oxygen atoms in total. The number of nitrogens with two attached hydrogens (primary N) is 1. The zero-order chi connectivity index (χ0) is 21.4. The fourth-order valence-electron chi connectivity index (χ4n) is 4.12. The van der Waals surface area contributed by atoms with Crippen LogP contribution in [0, 0.1) is 5.92 Å². The van der Waals surface area contributed by atoms with Crippen LogP contribution in [0.25, 0.3) is 22.2 Å². The smallest absolute Gasteiger partial charge is 0.306 e. The van der Waals surface area contributed by atoms with Crippen molar-refractivity contribution in [3.63, 3.8) is 0 Å². The van der Waals surface area contributed by atoms with Crippen molar-refractivity contribution in [3.05, 3.63) is 72.7 Å². The van der Waals surface area contributed by atoms with E-state index >= 15 is 0 Å². The van der Waals surface area contributed by atoms with Crippen molar-refractivity contribution in [1.82, 2.24) is 14.5 Å². The van der Waals surface area contributed by atoms with Gasteiger partial charge < -0.3 is 20.1 Å². The predicted molar refractivity (Wildman–Crippen MR) is 118 cm³/mol. The molecule has 0 saturated heterocycles. The largest absolute Gasteiger partial charge is 0.489 e. The third-order valence-corrected chi connectivity index (χ3v) is 5.89. The molecule has 3 N–H and O–H groups in total. The van der Waals surface area contributed by atoms with Gasteiger partial charge in [-0.2, -0.15) is 0 Å². The van der Waals surface area contributed by atoms with Crippen LogP contribution in [0.1, 0.15) is 24.4 Å². The van der Waals surface area contributed by atoms with E-state index in [2.05, 4.69) is 9.97 Å². The first-order valence-electron chi connectivity index (χ1n) is 10.2. The van der Waals surface area contributed by atoms with Gasteiger partial charge in [-0.3, -0.25) is 4.79 Å². The third kappa shape index (κ3) is 3.59. The molecule has 31 heavy (non-hydrogen) atoms. The summed E-state index contributed by atoms with van der Waals surface area (Å²) in [5, 5.41) is 10.0. The summed E-state index contributed by atoms with van der Waals surface area (Å²) < 4.78 is 8.03. The van der Waals surface area contributed by atoms with Crippen LogP contribution in [-0.2, 0) is 11.4 Å². The van der Waals surface area contributed by atoms with Gasteiger partial charge in [0.25, 0.3) is 0 Å². The number of aromatic nitrogens is 3. The quantitative estimate of drug-likeness (QED) is 0.488. The van der Waals surface area contributed by atoms with E-state index in [1.165, 1.54) is 6.33 Å². The number of carboxylic acids is 1. The molecule has 7 heteroatoms. The Labute approximate surface area is 179 Å². The minimum Gasteiger partial charge on any atom is -0.489 e. The van der Waals surface area contributed by atoms with E-state index in [1.54, 1.807) is 0 Å². The molecule has 4 aromatic rings. The molecule has 0 aliphatic heterocycles. The third-order valence-electron chi connectivity index (χ3n) is 5.89. The van der Waals surface area contributed by atoms with Crippen molar-refractivity contribution in [1.29, 1.82) is 0 Å². The van der Waals surface area contributed by atoms with Crippen molar-refractivity contribution in [3.8, 4) is 16.9 Å². The Morgan fingerprint density at radius 2 is 1.94 bits per heavy atom. The summed E-state index contributed by atoms with van der Waals surface area (Å²) >= 11 is 0. The molecule has 0 radical (unpaired) electrons. The summed E-state index contributed by atoms with van der Waals surface area (Å²) in [7, 11) is 0. The number of nitrogen functional groups attached to an aromatic ring is 1. The Balaban J connectivity index is 1.48. The Hall–Kier alpha value is -3.87. The molecular formula is C24H22N4O3. The highest BCUT2D eigenvalue weighted by atomic mass is 16.5. The van der Waals surface area contributed by atoms with Crippen LogP contribution >= 0.6 is 0 Å². The normalized spacial score (nSPS) is 17.9. The van der Waals surface area contributed by atoms with Crippen LogP contribution in [0.2, 0.25) is 0 Å². The number of carbonyl (C=O) groups is 1. The molecule has 0 atom stereocenters. The lowest BCUT2D eigenvalue weighted by Gasteiger charge is -2.33. The maximum atomic E-state index is 11.2. The number of anilines is 1. The Kier molecular flexibility index (Phi) is 4.78. The summed E-state index contributed by atoms with van der Waals surface area (Å²) in [6.45, 7) is 0.482. The first kappa shape index (κ1) is 19.1. The molecule has 2 aromatic heterocycles. The van der Waals surface area contributed by atoms with Crippen LogP contribution in [0.5, 0.6) is 5.75 Å². The van der Waals surface area contributed by atoms with Crippen LogP contribution in [-0.4, -0.2) is 25.6 Å². The van der Waals surface area contributed by atoms with Crippen molar-refractivity contribution in [2.75, 3.05) is 5.73 Å². The van der Waals surface area contributed by atoms with E-state index in [4.69, 9.17) is 10.5 Å². The molecule has 0 bridgehead atoms. The van der Waals surface area contributed by atoms with Crippen LogP contribution in [0.3, 0.4) is 0 Å². The van der Waals surface area contributed by atoms with Crippen LogP contribution < -0.4 is 10.5 Å². The second-order valence-corrected chi connectivity index (χ2v) is 7.87. The number of carboxylic acid groups (broad SMARTS) is 1. The van der Waals surface area contributed by atoms with E-state index in [1.807, 2.05) is 65.4 Å². The van der Waals surface area contributed by atoms with Gasteiger partial charge in [-0.05, 0) is 36.1 Å². The first-order valence-corrected chi connectivity index (χ1v) is 10.2. The number of hydrogen-bond acceptors (Lipinski definition) is 5. The highest BCUT2D eigenvalue weighted by Gasteiger charge is 2.36. The van der Waals surface area contributed by atoms with E-state index in [9.17, 15) is 9.90 Å². The number of fused-ring (bicyclic) bond motifs is 1. The van der Waals surface area contributed by atoms with Gasteiger partial charge in [0.05, 0.1) is 11.3 Å². The van der Waals surface area contributed by atoms with Gasteiger partial charge in [0.15, 0.2) is 0 Å². The number of rotatable bonds is 6. The highest BCUT2D eigenvalue weighted by molar-refractivity contribution is 6.00. The molecule has 1 aliphatic carbocycles. The molecule has 2 heterocycles. The zero-order valence-electron chi connectivity index (χ0n) is 16.8. The maximum absolute atomic E-state index is 11.2. The number of aliphatic carboxylic acids is 1. The maximum Gasteiger partial charge on any atom is 0.306 e. The molecule has 1 aliphatic rings. The lowest BCUT2D eigenvalue weighted by molar-refractivity contribution is -0.145. The SMILES string of the molecule is Nc1ncnc2c1c(-c1cccc(OCc3ccccc3)c1)cn2[C@H]1C[C@@H](C(=O)O)C1. The molecule has 1 saturated carbocycles. The van der Waals surface area contributed by atoms with E-state index < -0.39 is 5.97 Å². The minimum absolute atomic E-state index is 0.0872. The molecule has 5 rings (SSSR count). The van der Waals surface area contributed by atoms with E-state index in [0.29, 0.717) is 25.3 Å². The number of nitrogens with zero attached hydrogens (tertiary/aromatic N) is 3. The summed E-state index contributed by atoms with van der Waals surface area (Å²) in [6.07, 6.45) is 4.63. The predicted octanol–water partition coefficient (Wildman–Crippen LogP) is 4.30. The van der Waals surface area contributed by atoms with Crippen molar-refractivity contribution >= 4 is 22.8 Å². The topological polar surface area (TPSA) is 103 Å². The Bertz CT molecular complexity index is 1250. The van der Waals surface area contributed by atoms with Gasteiger partial charge in [-0.1, -0.05) is 42.5 Å². The Morgan fingerprint density at radius 1 is 1.13 bits per heavy atom. The number of benzene rings is 2. The van der Waals surface area contributed by atoms with Crippen LogP contribution in [0.4, 0.5) is 5.82 Å². The summed E-state index contributed by atoms with van der Waals surface area (Å²) in [5.74, 6) is 0.112. The Morgan fingerprint density at radius 3 is 2.71 bits per heavy atom. The van der Waals surface area contributed by atoms with Gasteiger partial charge >= 0.3 is 5.97 Å². The molecule has 0 amide bonds. The summed E-state index contributed by atoms with van der Waals surface area (Å²) in [6, 6.07) is 18.0. The van der Waals surface area contributed by atoms with Gasteiger partial charge in [0, 0.05) is 17.8 Å². The lowest BCUT2D eigenvalue weighted by atomic mass is 9.80. The van der Waals surface area contributed by atoms with Crippen molar-refractivity contribution in [2.24, 2.45) is 5.92 Å².